The van der Waals surface area contributed by atoms with E-state index in [4.69, 9.17) is 0 Å². The topological polar surface area (TPSA) is 63.5 Å². The van der Waals surface area contributed by atoms with Gasteiger partial charge in [0.15, 0.2) is 0 Å². The number of nitrogens with zero attached hydrogens (tertiary/aromatic N) is 2. The number of carbonyl (C=O) groups is 1. The molecule has 0 aromatic heterocycles. The van der Waals surface area contributed by atoms with Crippen LogP contribution in [0, 0.1) is 10.1 Å². The summed E-state index contributed by atoms with van der Waals surface area (Å²) < 4.78 is 0. The number of likely N-dealkylation sites (N-methyl/N-ethyl adjacent to an activating group) is 1. The molecule has 0 aliphatic carbocycles. The molecule has 0 aliphatic heterocycles. The van der Waals surface area contributed by atoms with Crippen molar-refractivity contribution in [1.82, 2.24) is 4.90 Å². The molecule has 5 heteroatoms. The number of nitro benzene ring substituents is 1. The van der Waals surface area contributed by atoms with Crippen LogP contribution in [0.1, 0.15) is 12.5 Å². The van der Waals surface area contributed by atoms with Crippen molar-refractivity contribution in [2.75, 3.05) is 13.6 Å². The first-order valence-electron chi connectivity index (χ1n) is 5.22. The van der Waals surface area contributed by atoms with E-state index < -0.39 is 4.92 Å². The minimum atomic E-state index is -0.455. The third kappa shape index (κ3) is 3.71. The molecule has 0 N–H and O–H groups in total. The van der Waals surface area contributed by atoms with Crippen LogP contribution in [0.2, 0.25) is 0 Å². The van der Waals surface area contributed by atoms with Gasteiger partial charge in [-0.1, -0.05) is 0 Å². The Morgan fingerprint density at radius 1 is 1.41 bits per heavy atom. The van der Waals surface area contributed by atoms with Gasteiger partial charge in [-0.15, -0.1) is 0 Å². The normalized spacial score (nSPS) is 10.5. The van der Waals surface area contributed by atoms with E-state index in [1.54, 1.807) is 30.2 Å². The first-order valence-corrected chi connectivity index (χ1v) is 5.22. The SMILES string of the molecule is CCN(C)C(=O)/C=C/c1ccc([N+](=O)[O-])cc1. The number of hydrogen-bond acceptors (Lipinski definition) is 3. The fourth-order valence-corrected chi connectivity index (χ4v) is 1.16. The van der Waals surface area contributed by atoms with E-state index in [0.29, 0.717) is 6.54 Å². The average Bonchev–Trinajstić information content (AvgIpc) is 2.35. The zero-order chi connectivity index (χ0) is 12.8. The molecule has 0 atom stereocenters. The average molecular weight is 234 g/mol. The van der Waals surface area contributed by atoms with Gasteiger partial charge in [-0.2, -0.15) is 0 Å². The van der Waals surface area contributed by atoms with Crippen LogP contribution in [0.5, 0.6) is 0 Å². The predicted octanol–water partition coefficient (Wildman–Crippen LogP) is 2.09. The van der Waals surface area contributed by atoms with E-state index >= 15 is 0 Å². The zero-order valence-electron chi connectivity index (χ0n) is 9.79. The molecule has 1 rings (SSSR count). The number of nitro groups is 1. The van der Waals surface area contributed by atoms with Crippen LogP contribution in [0.25, 0.3) is 6.08 Å². The molecule has 0 bridgehead atoms. The van der Waals surface area contributed by atoms with Gasteiger partial charge < -0.3 is 4.90 Å². The lowest BCUT2D eigenvalue weighted by molar-refractivity contribution is -0.384. The lowest BCUT2D eigenvalue weighted by Crippen LogP contribution is -2.23. The summed E-state index contributed by atoms with van der Waals surface area (Å²) in [6, 6.07) is 6.03. The molecule has 0 saturated heterocycles. The maximum atomic E-state index is 11.5. The number of amides is 1. The van der Waals surface area contributed by atoms with E-state index in [0.717, 1.165) is 5.56 Å². The van der Waals surface area contributed by atoms with Crippen molar-refractivity contribution in [1.29, 1.82) is 0 Å². The third-order valence-corrected chi connectivity index (χ3v) is 2.37. The number of benzene rings is 1. The Morgan fingerprint density at radius 2 is 2.00 bits per heavy atom. The largest absolute Gasteiger partial charge is 0.343 e. The molecule has 1 aromatic rings. The van der Waals surface area contributed by atoms with E-state index in [2.05, 4.69) is 0 Å². The van der Waals surface area contributed by atoms with Gasteiger partial charge in [0.25, 0.3) is 5.69 Å². The van der Waals surface area contributed by atoms with E-state index in [-0.39, 0.29) is 11.6 Å². The number of hydrogen-bond donors (Lipinski definition) is 0. The Morgan fingerprint density at radius 3 is 2.47 bits per heavy atom. The van der Waals surface area contributed by atoms with Crippen molar-refractivity contribution < 1.29 is 9.72 Å². The van der Waals surface area contributed by atoms with Gasteiger partial charge in [-0.3, -0.25) is 14.9 Å². The van der Waals surface area contributed by atoms with Gasteiger partial charge in [-0.25, -0.2) is 0 Å². The van der Waals surface area contributed by atoms with Crippen LogP contribution < -0.4 is 0 Å². The summed E-state index contributed by atoms with van der Waals surface area (Å²) in [5.41, 5.74) is 0.799. The lowest BCUT2D eigenvalue weighted by atomic mass is 10.2. The maximum Gasteiger partial charge on any atom is 0.269 e. The summed E-state index contributed by atoms with van der Waals surface area (Å²) >= 11 is 0. The first kappa shape index (κ1) is 12.9. The summed E-state index contributed by atoms with van der Waals surface area (Å²) in [7, 11) is 1.71. The molecule has 0 unspecified atom stereocenters. The van der Waals surface area contributed by atoms with Gasteiger partial charge in [-0.05, 0) is 30.7 Å². The van der Waals surface area contributed by atoms with Crippen LogP contribution in [0.15, 0.2) is 30.3 Å². The number of non-ortho nitro benzene ring substituents is 1. The van der Waals surface area contributed by atoms with Gasteiger partial charge in [0.2, 0.25) is 5.91 Å². The Bertz CT molecular complexity index is 438. The Labute approximate surface area is 99.5 Å². The standard InChI is InChI=1S/C12H14N2O3/c1-3-13(2)12(15)9-6-10-4-7-11(8-5-10)14(16)17/h4-9H,3H2,1-2H3/b9-6+. The second kappa shape index (κ2) is 5.79. The summed E-state index contributed by atoms with van der Waals surface area (Å²) in [5.74, 6) is -0.0918. The first-order chi connectivity index (χ1) is 8.04. The Kier molecular flexibility index (Phi) is 4.39. The molecule has 0 fully saturated rings. The maximum absolute atomic E-state index is 11.5. The van der Waals surface area contributed by atoms with Crippen LogP contribution in [-0.4, -0.2) is 29.3 Å². The Balaban J connectivity index is 2.72. The molecule has 1 amide bonds. The Hall–Kier alpha value is -2.17. The molecular formula is C12H14N2O3. The highest BCUT2D eigenvalue weighted by Gasteiger charge is 2.03. The summed E-state index contributed by atoms with van der Waals surface area (Å²) in [4.78, 5) is 23.0. The number of rotatable bonds is 4. The molecule has 90 valence electrons. The van der Waals surface area contributed by atoms with Crippen LogP contribution in [-0.2, 0) is 4.79 Å². The summed E-state index contributed by atoms with van der Waals surface area (Å²) in [6.45, 7) is 2.53. The van der Waals surface area contributed by atoms with E-state index in [9.17, 15) is 14.9 Å². The molecular weight excluding hydrogens is 220 g/mol. The van der Waals surface area contributed by atoms with E-state index in [1.807, 2.05) is 6.92 Å². The van der Waals surface area contributed by atoms with Crippen molar-refractivity contribution in [2.24, 2.45) is 0 Å². The minimum absolute atomic E-state index is 0.0409. The van der Waals surface area contributed by atoms with Crippen LogP contribution in [0.3, 0.4) is 0 Å². The van der Waals surface area contributed by atoms with Crippen molar-refractivity contribution in [3.8, 4) is 0 Å². The van der Waals surface area contributed by atoms with Gasteiger partial charge in [0.1, 0.15) is 0 Å². The predicted molar refractivity (Wildman–Crippen MR) is 65.4 cm³/mol. The second-order valence-electron chi connectivity index (χ2n) is 3.53. The lowest BCUT2D eigenvalue weighted by Gasteiger charge is -2.10. The molecule has 17 heavy (non-hydrogen) atoms. The highest BCUT2D eigenvalue weighted by atomic mass is 16.6. The monoisotopic (exact) mass is 234 g/mol. The second-order valence-corrected chi connectivity index (χ2v) is 3.53. The van der Waals surface area contributed by atoms with Gasteiger partial charge in [0.05, 0.1) is 4.92 Å². The van der Waals surface area contributed by atoms with Crippen LogP contribution in [0.4, 0.5) is 5.69 Å². The van der Waals surface area contributed by atoms with Crippen LogP contribution >= 0.6 is 0 Å². The third-order valence-electron chi connectivity index (χ3n) is 2.37. The van der Waals surface area contributed by atoms with Crippen molar-refractivity contribution in [3.05, 3.63) is 46.0 Å². The molecule has 0 radical (unpaired) electrons. The highest BCUT2D eigenvalue weighted by Crippen LogP contribution is 2.12. The number of carbonyl (C=O) groups excluding carboxylic acids is 1. The molecule has 1 aromatic carbocycles. The fourth-order valence-electron chi connectivity index (χ4n) is 1.16. The summed E-state index contributed by atoms with van der Waals surface area (Å²) in [6.07, 6.45) is 3.09. The fraction of sp³-hybridized carbons (Fsp3) is 0.250. The van der Waals surface area contributed by atoms with Crippen molar-refractivity contribution in [3.63, 3.8) is 0 Å². The van der Waals surface area contributed by atoms with Crippen molar-refractivity contribution in [2.45, 2.75) is 6.92 Å². The van der Waals surface area contributed by atoms with Gasteiger partial charge >= 0.3 is 0 Å². The molecule has 0 aliphatic rings. The van der Waals surface area contributed by atoms with E-state index in [1.165, 1.54) is 18.2 Å². The zero-order valence-corrected chi connectivity index (χ0v) is 9.79. The molecule has 5 nitrogen and oxygen atoms in total. The minimum Gasteiger partial charge on any atom is -0.343 e. The highest BCUT2D eigenvalue weighted by molar-refractivity contribution is 5.91. The quantitative estimate of drug-likeness (QED) is 0.455. The van der Waals surface area contributed by atoms with Gasteiger partial charge in [0, 0.05) is 31.8 Å². The van der Waals surface area contributed by atoms with Crippen molar-refractivity contribution >= 4 is 17.7 Å². The molecule has 0 saturated carbocycles. The molecule has 0 spiro atoms. The summed E-state index contributed by atoms with van der Waals surface area (Å²) in [5, 5.41) is 10.4. The smallest absolute Gasteiger partial charge is 0.269 e. The molecule has 0 heterocycles.